The second-order valence-electron chi connectivity index (χ2n) is 9.51. The topological polar surface area (TPSA) is 86.3 Å². The van der Waals surface area contributed by atoms with Crippen molar-refractivity contribution >= 4 is 11.9 Å². The molecule has 1 saturated carbocycles. The van der Waals surface area contributed by atoms with Gasteiger partial charge in [-0.2, -0.15) is 0 Å². The zero-order valence-electron chi connectivity index (χ0n) is 21.3. The monoisotopic (exact) mass is 536 g/mol. The number of halogens is 3. The molecule has 0 unspecified atom stereocenters. The molecule has 8 nitrogen and oxygen atoms in total. The van der Waals surface area contributed by atoms with E-state index < -0.39 is 29.2 Å². The van der Waals surface area contributed by atoms with Crippen LogP contribution in [-0.2, 0) is 19.8 Å². The number of rotatable bonds is 10. The highest BCUT2D eigenvalue weighted by molar-refractivity contribution is 5.89. The molecule has 2 aliphatic rings. The lowest BCUT2D eigenvalue weighted by Crippen LogP contribution is -2.62. The number of ether oxygens (including phenoxy) is 4. The van der Waals surface area contributed by atoms with E-state index in [1.807, 2.05) is 17.0 Å². The number of para-hydroxylation sites is 2. The summed E-state index contributed by atoms with van der Waals surface area (Å²) in [5.41, 5.74) is -0.0397. The Hall–Kier alpha value is -3.31. The largest absolute Gasteiger partial charge is 0.573 e. The number of nitrogens with zero attached hydrogens (tertiary/aromatic N) is 1. The van der Waals surface area contributed by atoms with Crippen molar-refractivity contribution in [1.82, 2.24) is 10.2 Å². The van der Waals surface area contributed by atoms with Crippen molar-refractivity contribution < 1.29 is 41.7 Å². The average Bonchev–Trinajstić information content (AvgIpc) is 3.69. The van der Waals surface area contributed by atoms with Gasteiger partial charge in [0.15, 0.2) is 11.5 Å². The molecule has 4 rings (SSSR count). The molecule has 2 aromatic carbocycles. The van der Waals surface area contributed by atoms with Crippen LogP contribution in [0.5, 0.6) is 11.5 Å². The molecule has 0 spiro atoms. The van der Waals surface area contributed by atoms with Gasteiger partial charge in [0.2, 0.25) is 5.91 Å². The lowest BCUT2D eigenvalue weighted by Gasteiger charge is -2.43. The molecule has 2 aromatic rings. The number of likely N-dealkylation sites (N-methyl/N-ethyl adjacent to an activating group) is 1. The van der Waals surface area contributed by atoms with Crippen LogP contribution in [-0.4, -0.2) is 69.2 Å². The van der Waals surface area contributed by atoms with Gasteiger partial charge >= 0.3 is 12.3 Å². The van der Waals surface area contributed by atoms with Gasteiger partial charge in [0, 0.05) is 19.8 Å². The van der Waals surface area contributed by atoms with E-state index in [-0.39, 0.29) is 24.8 Å². The summed E-state index contributed by atoms with van der Waals surface area (Å²) in [6, 6.07) is 12.6. The third kappa shape index (κ3) is 6.21. The number of alkyl halides is 3. The first kappa shape index (κ1) is 27.7. The van der Waals surface area contributed by atoms with Crippen molar-refractivity contribution in [3.8, 4) is 11.5 Å². The van der Waals surface area contributed by atoms with Gasteiger partial charge in [-0.25, -0.2) is 4.79 Å². The van der Waals surface area contributed by atoms with Gasteiger partial charge in [0.05, 0.1) is 18.2 Å². The zero-order valence-corrected chi connectivity index (χ0v) is 21.3. The fourth-order valence-electron chi connectivity index (χ4n) is 4.76. The number of hydrogen-bond donors (Lipinski definition) is 1. The molecule has 38 heavy (non-hydrogen) atoms. The minimum absolute atomic E-state index is 0.0314. The van der Waals surface area contributed by atoms with E-state index >= 15 is 0 Å². The predicted molar refractivity (Wildman–Crippen MR) is 131 cm³/mol. The highest BCUT2D eigenvalue weighted by Gasteiger charge is 2.51. The molecule has 0 bridgehead atoms. The summed E-state index contributed by atoms with van der Waals surface area (Å²) in [4.78, 5) is 27.4. The number of benzene rings is 2. The Balaban J connectivity index is 1.43. The molecule has 206 valence electrons. The fourth-order valence-corrected chi connectivity index (χ4v) is 4.76. The van der Waals surface area contributed by atoms with Crippen molar-refractivity contribution in [1.29, 1.82) is 0 Å². The van der Waals surface area contributed by atoms with Gasteiger partial charge in [0.1, 0.15) is 12.1 Å². The fraction of sp³-hybridized carbons (Fsp3) is 0.481. The van der Waals surface area contributed by atoms with E-state index in [4.69, 9.17) is 14.2 Å². The SMILES string of the molecule is COC(=O)c1ccc(C2(NC(=O)C3(N(C)CCOc4ccccc4OC(F)(F)F)CCOCC3)CC2)cc1. The lowest BCUT2D eigenvalue weighted by atomic mass is 9.86. The maximum Gasteiger partial charge on any atom is 0.573 e. The standard InChI is InChI=1S/C27H31F3N2O6/c1-32(15-18-37-21-5-3-4-6-22(21)38-27(28,29)30)26(13-16-36-17-14-26)24(34)31-25(11-12-25)20-9-7-19(8-10-20)23(33)35-2/h3-10H,11-18H2,1-2H3,(H,31,34). The predicted octanol–water partition coefficient (Wildman–Crippen LogP) is 4.04. The van der Waals surface area contributed by atoms with Crippen molar-refractivity contribution in [2.75, 3.05) is 40.5 Å². The summed E-state index contributed by atoms with van der Waals surface area (Å²) in [7, 11) is 3.12. The molecule has 0 atom stereocenters. The first-order chi connectivity index (χ1) is 18.1. The van der Waals surface area contributed by atoms with Gasteiger partial charge in [0.25, 0.3) is 0 Å². The Bertz CT molecular complexity index is 1130. The molecule has 0 aromatic heterocycles. The minimum atomic E-state index is -4.83. The molecule has 1 amide bonds. The van der Waals surface area contributed by atoms with Crippen LogP contribution in [0.3, 0.4) is 0 Å². The van der Waals surface area contributed by atoms with E-state index in [9.17, 15) is 22.8 Å². The van der Waals surface area contributed by atoms with Crippen LogP contribution in [0.2, 0.25) is 0 Å². The van der Waals surface area contributed by atoms with Crippen molar-refractivity contribution in [3.63, 3.8) is 0 Å². The lowest BCUT2D eigenvalue weighted by molar-refractivity contribution is -0.275. The molecule has 0 radical (unpaired) electrons. The normalized spacial score (nSPS) is 17.9. The minimum Gasteiger partial charge on any atom is -0.488 e. The number of esters is 1. The van der Waals surface area contributed by atoms with Crippen LogP contribution in [0.25, 0.3) is 0 Å². The van der Waals surface area contributed by atoms with Crippen molar-refractivity contribution in [2.24, 2.45) is 0 Å². The molecular weight excluding hydrogens is 505 g/mol. The Kier molecular flexibility index (Phi) is 8.17. The number of amides is 1. The van der Waals surface area contributed by atoms with Crippen molar-refractivity contribution in [3.05, 3.63) is 59.7 Å². The summed E-state index contributed by atoms with van der Waals surface area (Å²) in [6.07, 6.45) is -2.38. The summed E-state index contributed by atoms with van der Waals surface area (Å²) >= 11 is 0. The van der Waals surface area contributed by atoms with Crippen LogP contribution in [0.4, 0.5) is 13.2 Å². The molecule has 1 aliphatic heterocycles. The van der Waals surface area contributed by atoms with E-state index in [2.05, 4.69) is 10.1 Å². The highest BCUT2D eigenvalue weighted by atomic mass is 19.4. The highest BCUT2D eigenvalue weighted by Crippen LogP contribution is 2.46. The molecule has 1 saturated heterocycles. The second kappa shape index (κ2) is 11.2. The molecular formula is C27H31F3N2O6. The van der Waals surface area contributed by atoms with Crippen molar-refractivity contribution in [2.45, 2.75) is 43.1 Å². The van der Waals surface area contributed by atoms with Gasteiger partial charge in [-0.1, -0.05) is 24.3 Å². The third-order valence-corrected chi connectivity index (χ3v) is 7.19. The van der Waals surface area contributed by atoms with E-state index in [1.165, 1.54) is 25.3 Å². The maximum absolute atomic E-state index is 13.8. The Morgan fingerprint density at radius 2 is 1.63 bits per heavy atom. The quantitative estimate of drug-likeness (QED) is 0.459. The van der Waals surface area contributed by atoms with Gasteiger partial charge in [-0.3, -0.25) is 9.69 Å². The average molecular weight is 537 g/mol. The van der Waals surface area contributed by atoms with Crippen LogP contribution in [0.15, 0.2) is 48.5 Å². The second-order valence-corrected chi connectivity index (χ2v) is 9.51. The number of hydrogen-bond acceptors (Lipinski definition) is 7. The Morgan fingerprint density at radius 3 is 2.21 bits per heavy atom. The van der Waals surface area contributed by atoms with E-state index in [0.717, 1.165) is 18.4 Å². The first-order valence-corrected chi connectivity index (χ1v) is 12.4. The van der Waals surface area contributed by atoms with Crippen LogP contribution in [0.1, 0.15) is 41.6 Å². The molecule has 11 heteroatoms. The number of carbonyl (C=O) groups is 2. The summed E-state index contributed by atoms with van der Waals surface area (Å²) in [6.45, 7) is 1.14. The number of nitrogens with one attached hydrogen (secondary N) is 1. The van der Waals surface area contributed by atoms with Crippen LogP contribution < -0.4 is 14.8 Å². The van der Waals surface area contributed by atoms with E-state index in [1.54, 1.807) is 25.2 Å². The maximum atomic E-state index is 13.8. The molecule has 1 aliphatic carbocycles. The zero-order chi connectivity index (χ0) is 27.4. The van der Waals surface area contributed by atoms with Gasteiger partial charge < -0.3 is 24.3 Å². The van der Waals surface area contributed by atoms with E-state index in [0.29, 0.717) is 31.6 Å². The Labute approximate surface area is 219 Å². The Morgan fingerprint density at radius 1 is 1.00 bits per heavy atom. The summed E-state index contributed by atoms with van der Waals surface area (Å²) < 4.78 is 58.1. The number of methoxy groups -OCH3 is 1. The van der Waals surface area contributed by atoms with Crippen LogP contribution >= 0.6 is 0 Å². The molecule has 1 N–H and O–H groups in total. The number of carbonyl (C=O) groups excluding carboxylic acids is 2. The van der Waals surface area contributed by atoms with Gasteiger partial charge in [-0.15, -0.1) is 13.2 Å². The molecule has 2 fully saturated rings. The smallest absolute Gasteiger partial charge is 0.488 e. The molecule has 1 heterocycles. The first-order valence-electron chi connectivity index (χ1n) is 12.4. The summed E-state index contributed by atoms with van der Waals surface area (Å²) in [5, 5.41) is 3.24. The van der Waals surface area contributed by atoms with Crippen LogP contribution in [0, 0.1) is 0 Å². The third-order valence-electron chi connectivity index (χ3n) is 7.19. The summed E-state index contributed by atoms with van der Waals surface area (Å²) in [5.74, 6) is -1.02. The van der Waals surface area contributed by atoms with Gasteiger partial charge in [-0.05, 0) is 62.6 Å².